The van der Waals surface area contributed by atoms with Gasteiger partial charge in [-0.25, -0.2) is 4.79 Å². The van der Waals surface area contributed by atoms with E-state index in [1.165, 1.54) is 11.1 Å². The zero-order chi connectivity index (χ0) is 20.0. The molecule has 1 aliphatic heterocycles. The van der Waals surface area contributed by atoms with Crippen molar-refractivity contribution in [1.29, 1.82) is 0 Å². The molecule has 1 aromatic carbocycles. The molecule has 0 aromatic heterocycles. The summed E-state index contributed by atoms with van der Waals surface area (Å²) >= 11 is 0. The highest BCUT2D eigenvalue weighted by molar-refractivity contribution is 5.84. The minimum atomic E-state index is -0.319. The minimum absolute atomic E-state index is 0.0255. The van der Waals surface area contributed by atoms with E-state index in [-0.39, 0.29) is 30.1 Å². The highest BCUT2D eigenvalue weighted by Gasteiger charge is 2.29. The van der Waals surface area contributed by atoms with Crippen molar-refractivity contribution in [2.75, 3.05) is 19.6 Å². The number of hydrogen-bond acceptors (Lipinski definition) is 2. The lowest BCUT2D eigenvalue weighted by atomic mass is 9.93. The molecule has 3 amide bonds. The second-order valence-electron chi connectivity index (χ2n) is 8.52. The van der Waals surface area contributed by atoms with Gasteiger partial charge in [0.2, 0.25) is 5.91 Å². The molecule has 1 heterocycles. The summed E-state index contributed by atoms with van der Waals surface area (Å²) in [5.41, 5.74) is 2.22. The first-order valence-electron chi connectivity index (χ1n) is 10.2. The Morgan fingerprint density at radius 1 is 1.22 bits per heavy atom. The van der Waals surface area contributed by atoms with E-state index in [4.69, 9.17) is 0 Å². The van der Waals surface area contributed by atoms with Crippen molar-refractivity contribution >= 4 is 11.9 Å². The third-order valence-corrected chi connectivity index (χ3v) is 5.04. The van der Waals surface area contributed by atoms with Crippen molar-refractivity contribution < 1.29 is 9.59 Å². The number of rotatable bonds is 6. The number of amides is 3. The molecule has 0 spiro atoms. The Balaban J connectivity index is 2.07. The van der Waals surface area contributed by atoms with E-state index in [0.29, 0.717) is 13.1 Å². The smallest absolute Gasteiger partial charge is 0.318 e. The number of benzene rings is 1. The molecule has 0 fully saturated rings. The summed E-state index contributed by atoms with van der Waals surface area (Å²) in [5, 5.41) is 3.00. The van der Waals surface area contributed by atoms with Crippen molar-refractivity contribution in [3.05, 3.63) is 35.4 Å². The van der Waals surface area contributed by atoms with Gasteiger partial charge < -0.3 is 15.1 Å². The molecular formula is C22H35N3O2. The number of unbranched alkanes of at least 4 members (excludes halogenated alkanes) is 2. The Morgan fingerprint density at radius 2 is 1.93 bits per heavy atom. The molecule has 150 valence electrons. The van der Waals surface area contributed by atoms with Gasteiger partial charge in [-0.3, -0.25) is 4.79 Å². The Bertz CT molecular complexity index is 651. The van der Waals surface area contributed by atoms with E-state index in [2.05, 4.69) is 37.4 Å². The van der Waals surface area contributed by atoms with Crippen LogP contribution in [0.3, 0.4) is 0 Å². The third-order valence-electron chi connectivity index (χ3n) is 5.04. The summed E-state index contributed by atoms with van der Waals surface area (Å²) in [6.45, 7) is 11.5. The number of carbonyl (C=O) groups excluding carboxylic acids is 2. The van der Waals surface area contributed by atoms with Crippen LogP contribution in [0.1, 0.15) is 71.0 Å². The maximum atomic E-state index is 13.0. The van der Waals surface area contributed by atoms with Gasteiger partial charge in [-0.2, -0.15) is 0 Å². The Kier molecular flexibility index (Phi) is 7.28. The molecule has 1 aromatic rings. The van der Waals surface area contributed by atoms with Crippen LogP contribution in [0.5, 0.6) is 0 Å². The fourth-order valence-electron chi connectivity index (χ4n) is 3.57. The second-order valence-corrected chi connectivity index (χ2v) is 8.52. The van der Waals surface area contributed by atoms with Gasteiger partial charge in [-0.05, 0) is 51.7 Å². The largest absolute Gasteiger partial charge is 0.334 e. The summed E-state index contributed by atoms with van der Waals surface area (Å²) in [7, 11) is 0. The van der Waals surface area contributed by atoms with Crippen LogP contribution < -0.4 is 5.32 Å². The first-order chi connectivity index (χ1) is 12.7. The van der Waals surface area contributed by atoms with Crippen LogP contribution in [-0.4, -0.2) is 46.9 Å². The molecule has 5 nitrogen and oxygen atoms in total. The molecule has 1 N–H and O–H groups in total. The molecular weight excluding hydrogens is 338 g/mol. The maximum Gasteiger partial charge on any atom is 0.318 e. The average molecular weight is 374 g/mol. The SMILES string of the molecule is CCCCCN(CC(=O)N1CCc2ccccc2C1C)C(=O)NC(C)(C)C. The Hall–Kier alpha value is -2.04. The van der Waals surface area contributed by atoms with E-state index >= 15 is 0 Å². The van der Waals surface area contributed by atoms with Crippen LogP contribution in [0.2, 0.25) is 0 Å². The van der Waals surface area contributed by atoms with Crippen LogP contribution >= 0.6 is 0 Å². The van der Waals surface area contributed by atoms with Crippen molar-refractivity contribution in [2.45, 2.75) is 71.9 Å². The lowest BCUT2D eigenvalue weighted by Gasteiger charge is -2.37. The zero-order valence-corrected chi connectivity index (χ0v) is 17.5. The summed E-state index contributed by atoms with van der Waals surface area (Å²) < 4.78 is 0. The minimum Gasteiger partial charge on any atom is -0.334 e. The van der Waals surface area contributed by atoms with Crippen molar-refractivity contribution in [1.82, 2.24) is 15.1 Å². The quantitative estimate of drug-likeness (QED) is 0.762. The summed E-state index contributed by atoms with van der Waals surface area (Å²) in [5.74, 6) is 0.0255. The van der Waals surface area contributed by atoms with E-state index in [1.54, 1.807) is 4.90 Å². The van der Waals surface area contributed by atoms with Crippen molar-refractivity contribution in [2.24, 2.45) is 0 Å². The van der Waals surface area contributed by atoms with Crippen LogP contribution in [0, 0.1) is 0 Å². The van der Waals surface area contributed by atoms with Gasteiger partial charge in [0, 0.05) is 18.6 Å². The molecule has 27 heavy (non-hydrogen) atoms. The third kappa shape index (κ3) is 5.98. The molecule has 0 radical (unpaired) electrons. The van der Waals surface area contributed by atoms with Gasteiger partial charge in [-0.15, -0.1) is 0 Å². The van der Waals surface area contributed by atoms with Gasteiger partial charge in [0.25, 0.3) is 0 Å². The zero-order valence-electron chi connectivity index (χ0n) is 17.5. The van der Waals surface area contributed by atoms with Crippen molar-refractivity contribution in [3.8, 4) is 0 Å². The Labute approximate surface area is 164 Å². The number of nitrogens with one attached hydrogen (secondary N) is 1. The van der Waals surface area contributed by atoms with Crippen LogP contribution in [0.15, 0.2) is 24.3 Å². The van der Waals surface area contributed by atoms with E-state index < -0.39 is 0 Å². The number of nitrogens with zero attached hydrogens (tertiary/aromatic N) is 2. The molecule has 0 saturated heterocycles. The lowest BCUT2D eigenvalue weighted by Crippen LogP contribution is -2.52. The topological polar surface area (TPSA) is 52.7 Å². The van der Waals surface area contributed by atoms with Crippen LogP contribution in [0.25, 0.3) is 0 Å². The lowest BCUT2D eigenvalue weighted by molar-refractivity contribution is -0.134. The first kappa shape index (κ1) is 21.3. The highest BCUT2D eigenvalue weighted by Crippen LogP contribution is 2.29. The van der Waals surface area contributed by atoms with Crippen molar-refractivity contribution in [3.63, 3.8) is 0 Å². The average Bonchev–Trinajstić information content (AvgIpc) is 2.60. The Morgan fingerprint density at radius 3 is 2.59 bits per heavy atom. The fourth-order valence-corrected chi connectivity index (χ4v) is 3.57. The standard InChI is InChI=1S/C22H35N3O2/c1-6-7-10-14-24(21(27)23-22(3,4)5)16-20(26)25-15-13-18-11-8-9-12-19(18)17(25)2/h8-9,11-12,17H,6-7,10,13-16H2,1-5H3,(H,23,27). The number of urea groups is 1. The summed E-state index contributed by atoms with van der Waals surface area (Å²) in [4.78, 5) is 29.3. The van der Waals surface area contributed by atoms with Gasteiger partial charge in [0.1, 0.15) is 6.54 Å². The molecule has 2 rings (SSSR count). The van der Waals surface area contributed by atoms with E-state index in [1.807, 2.05) is 31.7 Å². The molecule has 1 atom stereocenters. The molecule has 0 saturated carbocycles. The van der Waals surface area contributed by atoms with E-state index in [9.17, 15) is 9.59 Å². The molecule has 0 bridgehead atoms. The number of hydrogen-bond donors (Lipinski definition) is 1. The summed E-state index contributed by atoms with van der Waals surface area (Å²) in [6, 6.07) is 8.21. The highest BCUT2D eigenvalue weighted by atomic mass is 16.2. The summed E-state index contributed by atoms with van der Waals surface area (Å²) in [6.07, 6.45) is 3.93. The molecule has 1 aliphatic rings. The van der Waals surface area contributed by atoms with Crippen LogP contribution in [-0.2, 0) is 11.2 Å². The van der Waals surface area contributed by atoms with E-state index in [0.717, 1.165) is 25.7 Å². The second kappa shape index (κ2) is 9.25. The normalized spacial score (nSPS) is 16.6. The molecule has 0 aliphatic carbocycles. The van der Waals surface area contributed by atoms with Gasteiger partial charge in [0.15, 0.2) is 0 Å². The predicted octanol–water partition coefficient (Wildman–Crippen LogP) is 4.13. The predicted molar refractivity (Wildman–Crippen MR) is 110 cm³/mol. The van der Waals surface area contributed by atoms with Crippen LogP contribution in [0.4, 0.5) is 4.79 Å². The monoisotopic (exact) mass is 373 g/mol. The van der Waals surface area contributed by atoms with Gasteiger partial charge in [-0.1, -0.05) is 44.0 Å². The number of carbonyl (C=O) groups is 2. The molecule has 5 heteroatoms. The fraction of sp³-hybridized carbons (Fsp3) is 0.636. The first-order valence-corrected chi connectivity index (χ1v) is 10.2. The van der Waals surface area contributed by atoms with Gasteiger partial charge >= 0.3 is 6.03 Å². The van der Waals surface area contributed by atoms with Gasteiger partial charge in [0.05, 0.1) is 6.04 Å². The number of fused-ring (bicyclic) bond motifs is 1. The molecule has 1 unspecified atom stereocenters. The maximum absolute atomic E-state index is 13.0.